The summed E-state index contributed by atoms with van der Waals surface area (Å²) in [7, 11) is 1.66. The number of ether oxygens (including phenoxy) is 1. The molecule has 98 valence electrons. The zero-order valence-corrected chi connectivity index (χ0v) is 12.2. The highest BCUT2D eigenvalue weighted by Crippen LogP contribution is 2.26. The van der Waals surface area contributed by atoms with Crippen LogP contribution in [-0.4, -0.2) is 23.6 Å². The lowest BCUT2D eigenvalue weighted by Crippen LogP contribution is -2.25. The molecule has 0 saturated heterocycles. The second kappa shape index (κ2) is 5.27. The van der Waals surface area contributed by atoms with Gasteiger partial charge in [-0.15, -0.1) is 0 Å². The summed E-state index contributed by atoms with van der Waals surface area (Å²) in [6.45, 7) is 1.79. The highest BCUT2D eigenvalue weighted by Gasteiger charge is 2.16. The molecule has 0 atom stereocenters. The minimum Gasteiger partial charge on any atom is -0.497 e. The number of nitrogens with one attached hydrogen (secondary N) is 1. The Hall–Kier alpha value is -1.46. The molecule has 2 heterocycles. The van der Waals surface area contributed by atoms with Crippen LogP contribution >= 0.6 is 15.9 Å². The number of hydrogen-bond donors (Lipinski definition) is 1. The van der Waals surface area contributed by atoms with E-state index in [-0.39, 0.29) is 0 Å². The molecular weight excluding hydrogens is 306 g/mol. The number of fused-ring (bicyclic) bond motifs is 1. The van der Waals surface area contributed by atoms with Gasteiger partial charge in [0.2, 0.25) is 0 Å². The lowest BCUT2D eigenvalue weighted by Gasteiger charge is -2.18. The van der Waals surface area contributed by atoms with E-state index in [1.807, 2.05) is 24.3 Å². The molecule has 0 spiro atoms. The summed E-state index contributed by atoms with van der Waals surface area (Å²) in [4.78, 5) is 9.23. The van der Waals surface area contributed by atoms with E-state index in [2.05, 4.69) is 31.2 Å². The third-order valence-corrected chi connectivity index (χ3v) is 3.87. The molecule has 0 radical (unpaired) electrons. The zero-order valence-electron chi connectivity index (χ0n) is 10.6. The lowest BCUT2D eigenvalue weighted by molar-refractivity contribution is 0.415. The van der Waals surface area contributed by atoms with Crippen LogP contribution in [0.4, 0.5) is 0 Å². The Morgan fingerprint density at radius 1 is 1.32 bits per heavy atom. The molecule has 1 aliphatic rings. The maximum absolute atomic E-state index is 5.24. The third kappa shape index (κ3) is 2.48. The normalized spacial score (nSPS) is 14.0. The highest BCUT2D eigenvalue weighted by molar-refractivity contribution is 9.10. The predicted octanol–water partition coefficient (Wildman–Crippen LogP) is 2.56. The predicted molar refractivity (Wildman–Crippen MR) is 77.1 cm³/mol. The largest absolute Gasteiger partial charge is 0.497 e. The maximum atomic E-state index is 5.24. The Morgan fingerprint density at radius 3 is 3.05 bits per heavy atom. The average molecular weight is 320 g/mol. The molecule has 1 aliphatic heterocycles. The van der Waals surface area contributed by atoms with Crippen LogP contribution in [0.3, 0.4) is 0 Å². The quantitative estimate of drug-likeness (QED) is 0.864. The average Bonchev–Trinajstić information content (AvgIpc) is 2.47. The van der Waals surface area contributed by atoms with Crippen molar-refractivity contribution in [3.63, 3.8) is 0 Å². The Morgan fingerprint density at radius 2 is 2.21 bits per heavy atom. The van der Waals surface area contributed by atoms with E-state index in [9.17, 15) is 0 Å². The molecule has 2 aromatic rings. The number of aromatic nitrogens is 2. The molecule has 0 bridgehead atoms. The molecule has 4 nitrogen and oxygen atoms in total. The third-order valence-electron chi connectivity index (χ3n) is 3.21. The first kappa shape index (κ1) is 12.6. The fourth-order valence-electron chi connectivity index (χ4n) is 2.19. The smallest absolute Gasteiger partial charge is 0.160 e. The molecule has 0 aliphatic carbocycles. The molecule has 0 amide bonds. The van der Waals surface area contributed by atoms with E-state index in [4.69, 9.17) is 4.74 Å². The van der Waals surface area contributed by atoms with Gasteiger partial charge in [-0.25, -0.2) is 9.97 Å². The second-order valence-electron chi connectivity index (χ2n) is 4.42. The monoisotopic (exact) mass is 319 g/mol. The van der Waals surface area contributed by atoms with Crippen molar-refractivity contribution in [3.8, 4) is 17.1 Å². The number of methoxy groups -OCH3 is 1. The molecule has 1 aromatic heterocycles. The van der Waals surface area contributed by atoms with Gasteiger partial charge in [-0.05, 0) is 28.1 Å². The Balaban J connectivity index is 2.07. The number of halogens is 1. The van der Waals surface area contributed by atoms with E-state index in [0.717, 1.165) is 52.5 Å². The summed E-state index contributed by atoms with van der Waals surface area (Å²) in [6, 6.07) is 7.82. The van der Waals surface area contributed by atoms with Crippen LogP contribution in [0.25, 0.3) is 11.4 Å². The van der Waals surface area contributed by atoms with Gasteiger partial charge in [-0.1, -0.05) is 12.1 Å². The summed E-state index contributed by atoms with van der Waals surface area (Å²) < 4.78 is 6.12. The van der Waals surface area contributed by atoms with Crippen LogP contribution in [0.2, 0.25) is 0 Å². The van der Waals surface area contributed by atoms with Crippen LogP contribution < -0.4 is 10.1 Å². The fraction of sp³-hybridized carbons (Fsp3) is 0.286. The summed E-state index contributed by atoms with van der Waals surface area (Å²) in [5.74, 6) is 1.56. The zero-order chi connectivity index (χ0) is 13.2. The highest BCUT2D eigenvalue weighted by atomic mass is 79.9. The summed E-state index contributed by atoms with van der Waals surface area (Å²) in [5.41, 5.74) is 3.26. The van der Waals surface area contributed by atoms with Gasteiger partial charge in [0.25, 0.3) is 0 Å². The minimum atomic E-state index is 0.742. The molecule has 1 aromatic carbocycles. The van der Waals surface area contributed by atoms with Gasteiger partial charge in [0.15, 0.2) is 5.82 Å². The van der Waals surface area contributed by atoms with Crippen molar-refractivity contribution in [1.82, 2.24) is 15.3 Å². The number of hydrogen-bond acceptors (Lipinski definition) is 4. The number of benzene rings is 1. The molecule has 5 heteroatoms. The molecule has 19 heavy (non-hydrogen) atoms. The van der Waals surface area contributed by atoms with Crippen molar-refractivity contribution in [2.45, 2.75) is 13.0 Å². The van der Waals surface area contributed by atoms with Crippen molar-refractivity contribution in [2.24, 2.45) is 0 Å². The SMILES string of the molecule is COc1cccc(-c2nc(Br)c3c(n2)CCNC3)c1. The van der Waals surface area contributed by atoms with Crippen molar-refractivity contribution in [2.75, 3.05) is 13.7 Å². The molecule has 0 unspecified atom stereocenters. The summed E-state index contributed by atoms with van der Waals surface area (Å²) >= 11 is 3.54. The molecule has 1 N–H and O–H groups in total. The summed E-state index contributed by atoms with van der Waals surface area (Å²) in [5, 5.41) is 3.33. The first-order valence-electron chi connectivity index (χ1n) is 6.18. The topological polar surface area (TPSA) is 47.0 Å². The van der Waals surface area contributed by atoms with Crippen molar-refractivity contribution >= 4 is 15.9 Å². The summed E-state index contributed by atoms with van der Waals surface area (Å²) in [6.07, 6.45) is 0.938. The second-order valence-corrected chi connectivity index (χ2v) is 5.17. The van der Waals surface area contributed by atoms with Crippen LogP contribution in [-0.2, 0) is 13.0 Å². The van der Waals surface area contributed by atoms with E-state index in [0.29, 0.717) is 0 Å². The van der Waals surface area contributed by atoms with Gasteiger partial charge < -0.3 is 10.1 Å². The van der Waals surface area contributed by atoms with Crippen LogP contribution in [0.5, 0.6) is 5.75 Å². The van der Waals surface area contributed by atoms with E-state index in [1.54, 1.807) is 7.11 Å². The Bertz CT molecular complexity index is 616. The van der Waals surface area contributed by atoms with E-state index >= 15 is 0 Å². The minimum absolute atomic E-state index is 0.742. The maximum Gasteiger partial charge on any atom is 0.160 e. The van der Waals surface area contributed by atoms with E-state index < -0.39 is 0 Å². The van der Waals surface area contributed by atoms with Crippen molar-refractivity contribution in [1.29, 1.82) is 0 Å². The molecule has 0 saturated carbocycles. The Kier molecular flexibility index (Phi) is 3.48. The van der Waals surface area contributed by atoms with Gasteiger partial charge in [0.05, 0.1) is 12.8 Å². The van der Waals surface area contributed by atoms with Gasteiger partial charge in [-0.3, -0.25) is 0 Å². The first-order valence-corrected chi connectivity index (χ1v) is 6.97. The molecule has 3 rings (SSSR count). The number of rotatable bonds is 2. The van der Waals surface area contributed by atoms with Crippen LogP contribution in [0.15, 0.2) is 28.9 Å². The van der Waals surface area contributed by atoms with Crippen molar-refractivity contribution in [3.05, 3.63) is 40.1 Å². The van der Waals surface area contributed by atoms with Crippen molar-refractivity contribution < 1.29 is 4.74 Å². The van der Waals surface area contributed by atoms with Gasteiger partial charge in [0.1, 0.15) is 10.4 Å². The number of nitrogens with zero attached hydrogens (tertiary/aromatic N) is 2. The van der Waals surface area contributed by atoms with Crippen LogP contribution in [0, 0.1) is 0 Å². The van der Waals surface area contributed by atoms with Crippen LogP contribution in [0.1, 0.15) is 11.3 Å². The lowest BCUT2D eigenvalue weighted by atomic mass is 10.1. The van der Waals surface area contributed by atoms with Gasteiger partial charge in [-0.2, -0.15) is 0 Å². The standard InChI is InChI=1S/C14H14BrN3O/c1-19-10-4-2-3-9(7-10)14-17-12-5-6-16-8-11(12)13(15)18-14/h2-4,7,16H,5-6,8H2,1H3. The molecule has 0 fully saturated rings. The first-order chi connectivity index (χ1) is 9.28. The fourth-order valence-corrected chi connectivity index (χ4v) is 2.73. The Labute approximate surface area is 120 Å². The molecular formula is C14H14BrN3O. The van der Waals surface area contributed by atoms with Gasteiger partial charge >= 0.3 is 0 Å². The van der Waals surface area contributed by atoms with Gasteiger partial charge in [0, 0.05) is 30.6 Å². The van der Waals surface area contributed by atoms with E-state index in [1.165, 1.54) is 0 Å².